The summed E-state index contributed by atoms with van der Waals surface area (Å²) >= 11 is 0. The lowest BCUT2D eigenvalue weighted by Crippen LogP contribution is -2.09. The number of unbranched alkanes of at least 4 members (excludes halogenated alkanes) is 1. The molecule has 0 radical (unpaired) electrons. The van der Waals surface area contributed by atoms with E-state index in [1.807, 2.05) is 0 Å². The van der Waals surface area contributed by atoms with Crippen LogP contribution in [0.2, 0.25) is 0 Å². The van der Waals surface area contributed by atoms with Crippen LogP contribution >= 0.6 is 0 Å². The van der Waals surface area contributed by atoms with Gasteiger partial charge in [-0.05, 0) is 13.3 Å². The van der Waals surface area contributed by atoms with E-state index < -0.39 is 5.82 Å². The lowest BCUT2D eigenvalue weighted by atomic mass is 10.2. The van der Waals surface area contributed by atoms with Gasteiger partial charge in [0.2, 0.25) is 0 Å². The molecule has 0 saturated carbocycles. The predicted molar refractivity (Wildman–Crippen MR) is 73.2 cm³/mol. The highest BCUT2D eigenvalue weighted by atomic mass is 19.1. The average molecular weight is 271 g/mol. The number of rotatable bonds is 9. The van der Waals surface area contributed by atoms with Gasteiger partial charge < -0.3 is 19.9 Å². The third-order valence-electron chi connectivity index (χ3n) is 2.49. The first-order chi connectivity index (χ1) is 9.19. The molecule has 5 heteroatoms. The van der Waals surface area contributed by atoms with Gasteiger partial charge in [-0.25, -0.2) is 4.39 Å². The van der Waals surface area contributed by atoms with E-state index >= 15 is 0 Å². The van der Waals surface area contributed by atoms with Crippen LogP contribution in [-0.2, 0) is 4.74 Å². The van der Waals surface area contributed by atoms with E-state index in [1.165, 1.54) is 12.1 Å². The summed E-state index contributed by atoms with van der Waals surface area (Å²) in [6.45, 7) is 5.88. The van der Waals surface area contributed by atoms with Gasteiger partial charge in [-0.1, -0.05) is 13.3 Å². The Labute approximate surface area is 113 Å². The van der Waals surface area contributed by atoms with Crippen molar-refractivity contribution < 1.29 is 18.6 Å². The summed E-state index contributed by atoms with van der Waals surface area (Å²) in [5.41, 5.74) is 5.95. The Balaban J connectivity index is 2.46. The SMILES string of the molecule is CCCCOCCOc1cc(OCC)c(F)cc1N. The molecule has 1 aromatic carbocycles. The predicted octanol–water partition coefficient (Wildman–Crippen LogP) is 3.00. The molecule has 0 bridgehead atoms. The maximum atomic E-state index is 13.5. The molecule has 2 N–H and O–H groups in total. The molecule has 0 saturated heterocycles. The Bertz CT molecular complexity index is 385. The number of hydrogen-bond acceptors (Lipinski definition) is 4. The van der Waals surface area contributed by atoms with Gasteiger partial charge in [0.15, 0.2) is 11.6 Å². The summed E-state index contributed by atoms with van der Waals surface area (Å²) < 4.78 is 29.4. The molecule has 1 rings (SSSR count). The highest BCUT2D eigenvalue weighted by Gasteiger charge is 2.09. The van der Waals surface area contributed by atoms with Crippen molar-refractivity contribution >= 4 is 5.69 Å². The van der Waals surface area contributed by atoms with Crippen LogP contribution in [0.4, 0.5) is 10.1 Å². The van der Waals surface area contributed by atoms with E-state index in [-0.39, 0.29) is 11.4 Å². The number of ether oxygens (including phenoxy) is 3. The van der Waals surface area contributed by atoms with Crippen molar-refractivity contribution in [2.24, 2.45) is 0 Å². The monoisotopic (exact) mass is 271 g/mol. The van der Waals surface area contributed by atoms with E-state index in [4.69, 9.17) is 19.9 Å². The minimum Gasteiger partial charge on any atom is -0.491 e. The molecule has 0 unspecified atom stereocenters. The Morgan fingerprint density at radius 3 is 2.53 bits per heavy atom. The molecule has 0 aliphatic carbocycles. The van der Waals surface area contributed by atoms with Crippen molar-refractivity contribution in [3.05, 3.63) is 17.9 Å². The number of nitrogens with two attached hydrogens (primary N) is 1. The molecular formula is C14H22FNO3. The number of nitrogen functional groups attached to an aromatic ring is 1. The number of benzene rings is 1. The number of hydrogen-bond donors (Lipinski definition) is 1. The molecule has 4 nitrogen and oxygen atoms in total. The van der Waals surface area contributed by atoms with Crippen LogP contribution in [0.15, 0.2) is 12.1 Å². The van der Waals surface area contributed by atoms with Crippen molar-refractivity contribution in [1.29, 1.82) is 0 Å². The van der Waals surface area contributed by atoms with E-state index in [9.17, 15) is 4.39 Å². The molecule has 1 aromatic rings. The van der Waals surface area contributed by atoms with E-state index in [0.29, 0.717) is 25.6 Å². The zero-order chi connectivity index (χ0) is 14.1. The molecule has 0 spiro atoms. The molecule has 0 aliphatic heterocycles. The van der Waals surface area contributed by atoms with Gasteiger partial charge in [-0.15, -0.1) is 0 Å². The Morgan fingerprint density at radius 1 is 1.05 bits per heavy atom. The van der Waals surface area contributed by atoms with Gasteiger partial charge in [-0.3, -0.25) is 0 Å². The van der Waals surface area contributed by atoms with Crippen LogP contribution in [0.5, 0.6) is 11.5 Å². The standard InChI is InChI=1S/C14H22FNO3/c1-3-5-6-17-7-8-19-14-10-13(18-4-2)11(15)9-12(14)16/h9-10H,3-8,16H2,1-2H3. The molecule has 0 fully saturated rings. The van der Waals surface area contributed by atoms with Crippen molar-refractivity contribution in [2.75, 3.05) is 32.2 Å². The fraction of sp³-hybridized carbons (Fsp3) is 0.571. The second-order valence-electron chi connectivity index (χ2n) is 4.07. The molecular weight excluding hydrogens is 249 g/mol. The zero-order valence-electron chi connectivity index (χ0n) is 11.6. The zero-order valence-corrected chi connectivity index (χ0v) is 11.6. The summed E-state index contributed by atoms with van der Waals surface area (Å²) in [4.78, 5) is 0. The van der Waals surface area contributed by atoms with Crippen molar-refractivity contribution in [2.45, 2.75) is 26.7 Å². The third kappa shape index (κ3) is 5.34. The summed E-state index contributed by atoms with van der Waals surface area (Å²) in [6, 6.07) is 2.68. The molecule has 0 aromatic heterocycles. The Hall–Kier alpha value is -1.49. The lowest BCUT2D eigenvalue weighted by Gasteiger charge is -2.12. The van der Waals surface area contributed by atoms with Gasteiger partial charge in [0.1, 0.15) is 12.4 Å². The van der Waals surface area contributed by atoms with Crippen LogP contribution in [-0.4, -0.2) is 26.4 Å². The van der Waals surface area contributed by atoms with Crippen LogP contribution in [0.3, 0.4) is 0 Å². The maximum absolute atomic E-state index is 13.5. The van der Waals surface area contributed by atoms with Gasteiger partial charge in [0, 0.05) is 18.7 Å². The lowest BCUT2D eigenvalue weighted by molar-refractivity contribution is 0.0981. The highest BCUT2D eigenvalue weighted by molar-refractivity contribution is 5.56. The molecule has 19 heavy (non-hydrogen) atoms. The molecule has 108 valence electrons. The fourth-order valence-electron chi connectivity index (χ4n) is 1.50. The van der Waals surface area contributed by atoms with Gasteiger partial charge >= 0.3 is 0 Å². The maximum Gasteiger partial charge on any atom is 0.167 e. The smallest absolute Gasteiger partial charge is 0.167 e. The van der Waals surface area contributed by atoms with Crippen LogP contribution < -0.4 is 15.2 Å². The topological polar surface area (TPSA) is 53.7 Å². The quantitative estimate of drug-likeness (QED) is 0.554. The second kappa shape index (κ2) is 8.58. The molecule has 0 heterocycles. The van der Waals surface area contributed by atoms with Gasteiger partial charge in [0.25, 0.3) is 0 Å². The largest absolute Gasteiger partial charge is 0.491 e. The summed E-state index contributed by atoms with van der Waals surface area (Å²) in [7, 11) is 0. The van der Waals surface area contributed by atoms with Crippen molar-refractivity contribution in [3.63, 3.8) is 0 Å². The van der Waals surface area contributed by atoms with Gasteiger partial charge in [-0.2, -0.15) is 0 Å². The summed E-state index contributed by atoms with van der Waals surface area (Å²) in [5, 5.41) is 0. The first-order valence-corrected chi connectivity index (χ1v) is 6.61. The Morgan fingerprint density at radius 2 is 1.84 bits per heavy atom. The van der Waals surface area contributed by atoms with Gasteiger partial charge in [0.05, 0.1) is 18.9 Å². The summed E-state index contributed by atoms with van der Waals surface area (Å²) in [5.74, 6) is 0.0911. The van der Waals surface area contributed by atoms with E-state index in [0.717, 1.165) is 19.4 Å². The first-order valence-electron chi connectivity index (χ1n) is 6.61. The highest BCUT2D eigenvalue weighted by Crippen LogP contribution is 2.30. The van der Waals surface area contributed by atoms with Crippen LogP contribution in [0, 0.1) is 5.82 Å². The van der Waals surface area contributed by atoms with E-state index in [2.05, 4.69) is 6.92 Å². The molecule has 0 atom stereocenters. The van der Waals surface area contributed by atoms with Crippen LogP contribution in [0.1, 0.15) is 26.7 Å². The number of halogens is 1. The van der Waals surface area contributed by atoms with Crippen molar-refractivity contribution in [3.8, 4) is 11.5 Å². The third-order valence-corrected chi connectivity index (χ3v) is 2.49. The first kappa shape index (κ1) is 15.6. The minimum absolute atomic E-state index is 0.151. The Kier molecular flexibility index (Phi) is 7.03. The molecule has 0 amide bonds. The minimum atomic E-state index is -0.481. The fourth-order valence-corrected chi connectivity index (χ4v) is 1.50. The van der Waals surface area contributed by atoms with E-state index in [1.54, 1.807) is 6.92 Å². The summed E-state index contributed by atoms with van der Waals surface area (Å²) in [6.07, 6.45) is 2.14. The van der Waals surface area contributed by atoms with Crippen molar-refractivity contribution in [1.82, 2.24) is 0 Å². The molecule has 0 aliphatic rings. The number of anilines is 1. The normalized spacial score (nSPS) is 10.5. The second-order valence-corrected chi connectivity index (χ2v) is 4.07. The van der Waals surface area contributed by atoms with Crippen LogP contribution in [0.25, 0.3) is 0 Å². The average Bonchev–Trinajstić information content (AvgIpc) is 2.38.